The molecule has 0 bridgehead atoms. The van der Waals surface area contributed by atoms with Crippen molar-refractivity contribution in [2.75, 3.05) is 26.8 Å². The van der Waals surface area contributed by atoms with Gasteiger partial charge in [0.1, 0.15) is 0 Å². The summed E-state index contributed by atoms with van der Waals surface area (Å²) in [7, 11) is 1.75. The van der Waals surface area contributed by atoms with Crippen LogP contribution in [0.3, 0.4) is 0 Å². The molecule has 1 aliphatic carbocycles. The maximum atomic E-state index is 5.03. The second-order valence-electron chi connectivity index (χ2n) is 4.95. The van der Waals surface area contributed by atoms with Gasteiger partial charge < -0.3 is 10.1 Å². The minimum absolute atomic E-state index is 0.443. The van der Waals surface area contributed by atoms with Crippen LogP contribution in [0.2, 0.25) is 0 Å². The SMILES string of the molecule is COCCNCC1CC1(C)c1sccc1C. The molecule has 0 amide bonds. The van der Waals surface area contributed by atoms with Gasteiger partial charge >= 0.3 is 0 Å². The number of ether oxygens (including phenoxy) is 1. The van der Waals surface area contributed by atoms with Crippen LogP contribution in [0.5, 0.6) is 0 Å². The Kier molecular flexibility index (Phi) is 3.67. The van der Waals surface area contributed by atoms with Crippen LogP contribution in [-0.2, 0) is 10.2 Å². The lowest BCUT2D eigenvalue weighted by molar-refractivity contribution is 0.199. The summed E-state index contributed by atoms with van der Waals surface area (Å²) in [6.45, 7) is 7.52. The van der Waals surface area contributed by atoms with Crippen LogP contribution in [0, 0.1) is 12.8 Å². The highest BCUT2D eigenvalue weighted by Gasteiger charge is 2.51. The average Bonchev–Trinajstić information content (AvgIpc) is 2.71. The summed E-state index contributed by atoms with van der Waals surface area (Å²) in [4.78, 5) is 1.59. The van der Waals surface area contributed by atoms with Crippen LogP contribution >= 0.6 is 11.3 Å². The molecular formula is C13H21NOS. The van der Waals surface area contributed by atoms with Crippen LogP contribution in [-0.4, -0.2) is 26.8 Å². The predicted octanol–water partition coefficient (Wildman–Crippen LogP) is 2.57. The molecule has 2 nitrogen and oxygen atoms in total. The minimum atomic E-state index is 0.443. The number of rotatable bonds is 6. The highest BCUT2D eigenvalue weighted by Crippen LogP contribution is 2.55. The molecule has 1 heterocycles. The largest absolute Gasteiger partial charge is 0.383 e. The van der Waals surface area contributed by atoms with Gasteiger partial charge in [0.2, 0.25) is 0 Å². The van der Waals surface area contributed by atoms with Gasteiger partial charge in [-0.1, -0.05) is 6.92 Å². The summed E-state index contributed by atoms with van der Waals surface area (Å²) >= 11 is 1.91. The van der Waals surface area contributed by atoms with Gasteiger partial charge in [-0.3, -0.25) is 0 Å². The smallest absolute Gasteiger partial charge is 0.0587 e. The molecule has 0 saturated heterocycles. The standard InChI is InChI=1S/C13H21NOS/c1-10-4-7-16-12(10)13(2)8-11(13)9-14-5-6-15-3/h4,7,11,14H,5-6,8-9H2,1-3H3. The zero-order valence-corrected chi connectivity index (χ0v) is 11.2. The third-order valence-electron chi connectivity index (χ3n) is 3.67. The Morgan fingerprint density at radius 1 is 1.62 bits per heavy atom. The molecule has 1 saturated carbocycles. The topological polar surface area (TPSA) is 21.3 Å². The quantitative estimate of drug-likeness (QED) is 0.770. The monoisotopic (exact) mass is 239 g/mol. The normalized spacial score (nSPS) is 28.3. The van der Waals surface area contributed by atoms with Crippen molar-refractivity contribution in [2.45, 2.75) is 25.7 Å². The van der Waals surface area contributed by atoms with E-state index in [0.717, 1.165) is 25.6 Å². The van der Waals surface area contributed by atoms with E-state index in [1.54, 1.807) is 12.0 Å². The fraction of sp³-hybridized carbons (Fsp3) is 0.692. The molecule has 2 unspecified atom stereocenters. The third kappa shape index (κ3) is 2.31. The zero-order chi connectivity index (χ0) is 11.6. The van der Waals surface area contributed by atoms with E-state index in [4.69, 9.17) is 4.74 Å². The molecular weight excluding hydrogens is 218 g/mol. The van der Waals surface area contributed by atoms with E-state index >= 15 is 0 Å². The van der Waals surface area contributed by atoms with Crippen molar-refractivity contribution in [3.05, 3.63) is 21.9 Å². The first-order valence-corrected chi connectivity index (χ1v) is 6.80. The molecule has 16 heavy (non-hydrogen) atoms. The summed E-state index contributed by atoms with van der Waals surface area (Å²) < 4.78 is 5.03. The number of hydrogen-bond donors (Lipinski definition) is 1. The van der Waals surface area contributed by atoms with Gasteiger partial charge in [-0.05, 0) is 42.8 Å². The molecule has 1 N–H and O–H groups in total. The zero-order valence-electron chi connectivity index (χ0n) is 10.4. The van der Waals surface area contributed by atoms with Crippen LogP contribution in [0.15, 0.2) is 11.4 Å². The minimum Gasteiger partial charge on any atom is -0.383 e. The van der Waals surface area contributed by atoms with E-state index in [0.29, 0.717) is 5.41 Å². The Balaban J connectivity index is 1.83. The molecule has 90 valence electrons. The molecule has 0 aromatic carbocycles. The molecule has 2 rings (SSSR count). The van der Waals surface area contributed by atoms with Gasteiger partial charge in [0.25, 0.3) is 0 Å². The lowest BCUT2D eigenvalue weighted by Crippen LogP contribution is -2.23. The van der Waals surface area contributed by atoms with Gasteiger partial charge in [0.05, 0.1) is 6.61 Å². The molecule has 2 atom stereocenters. The van der Waals surface area contributed by atoms with E-state index in [2.05, 4.69) is 30.6 Å². The van der Waals surface area contributed by atoms with Gasteiger partial charge in [0.15, 0.2) is 0 Å². The molecule has 0 aliphatic heterocycles. The summed E-state index contributed by atoms with van der Waals surface area (Å²) in [5.41, 5.74) is 1.91. The first-order chi connectivity index (χ1) is 7.68. The van der Waals surface area contributed by atoms with Gasteiger partial charge in [-0.2, -0.15) is 0 Å². The summed E-state index contributed by atoms with van der Waals surface area (Å²) in [6, 6.07) is 2.24. The fourth-order valence-corrected chi connectivity index (χ4v) is 3.62. The molecule has 1 aromatic rings. The Morgan fingerprint density at radius 2 is 2.44 bits per heavy atom. The van der Waals surface area contributed by atoms with E-state index < -0.39 is 0 Å². The first kappa shape index (κ1) is 12.1. The summed E-state index contributed by atoms with van der Waals surface area (Å²) in [5, 5.41) is 5.68. The van der Waals surface area contributed by atoms with E-state index in [1.165, 1.54) is 12.0 Å². The van der Waals surface area contributed by atoms with Crippen LogP contribution in [0.4, 0.5) is 0 Å². The second kappa shape index (κ2) is 4.86. The summed E-state index contributed by atoms with van der Waals surface area (Å²) in [6.07, 6.45) is 1.33. The second-order valence-corrected chi connectivity index (χ2v) is 5.86. The van der Waals surface area contributed by atoms with Crippen molar-refractivity contribution < 1.29 is 4.74 Å². The fourth-order valence-electron chi connectivity index (χ4n) is 2.44. The molecule has 3 heteroatoms. The lowest BCUT2D eigenvalue weighted by Gasteiger charge is -2.11. The number of aryl methyl sites for hydroxylation is 1. The van der Waals surface area contributed by atoms with Crippen molar-refractivity contribution >= 4 is 11.3 Å². The highest BCUT2D eigenvalue weighted by molar-refractivity contribution is 7.10. The van der Waals surface area contributed by atoms with Crippen molar-refractivity contribution in [2.24, 2.45) is 5.92 Å². The number of methoxy groups -OCH3 is 1. The van der Waals surface area contributed by atoms with Crippen molar-refractivity contribution in [3.63, 3.8) is 0 Å². The Morgan fingerprint density at radius 3 is 3.06 bits per heavy atom. The Bertz CT molecular complexity index is 349. The third-order valence-corrected chi connectivity index (χ3v) is 4.96. The van der Waals surface area contributed by atoms with Crippen LogP contribution < -0.4 is 5.32 Å². The molecule has 0 spiro atoms. The first-order valence-electron chi connectivity index (χ1n) is 5.92. The van der Waals surface area contributed by atoms with Gasteiger partial charge in [-0.15, -0.1) is 11.3 Å². The van der Waals surface area contributed by atoms with Crippen molar-refractivity contribution in [1.29, 1.82) is 0 Å². The van der Waals surface area contributed by atoms with E-state index in [1.807, 2.05) is 11.3 Å². The van der Waals surface area contributed by atoms with Crippen molar-refractivity contribution in [3.8, 4) is 0 Å². The van der Waals surface area contributed by atoms with E-state index in [-0.39, 0.29) is 0 Å². The molecule has 1 aliphatic rings. The molecule has 1 aromatic heterocycles. The Labute approximate surface area is 102 Å². The van der Waals surface area contributed by atoms with Crippen molar-refractivity contribution in [1.82, 2.24) is 5.32 Å². The van der Waals surface area contributed by atoms with Crippen LogP contribution in [0.1, 0.15) is 23.8 Å². The Hall–Kier alpha value is -0.380. The number of hydrogen-bond acceptors (Lipinski definition) is 3. The van der Waals surface area contributed by atoms with Crippen LogP contribution in [0.25, 0.3) is 0 Å². The predicted molar refractivity (Wildman–Crippen MR) is 69.3 cm³/mol. The number of nitrogens with one attached hydrogen (secondary N) is 1. The van der Waals surface area contributed by atoms with Gasteiger partial charge in [-0.25, -0.2) is 0 Å². The average molecular weight is 239 g/mol. The number of thiophene rings is 1. The summed E-state index contributed by atoms with van der Waals surface area (Å²) in [5.74, 6) is 0.807. The lowest BCUT2D eigenvalue weighted by atomic mass is 10.0. The molecule has 1 fully saturated rings. The highest BCUT2D eigenvalue weighted by atomic mass is 32.1. The van der Waals surface area contributed by atoms with Gasteiger partial charge in [0, 0.05) is 23.9 Å². The maximum Gasteiger partial charge on any atom is 0.0587 e. The van der Waals surface area contributed by atoms with E-state index in [9.17, 15) is 0 Å². The maximum absolute atomic E-state index is 5.03. The molecule has 0 radical (unpaired) electrons.